The molecule has 1 unspecified atom stereocenters. The number of hydrogen-bond acceptors (Lipinski definition) is 3. The first-order chi connectivity index (χ1) is 7.51. The zero-order chi connectivity index (χ0) is 12.3. The van der Waals surface area contributed by atoms with Gasteiger partial charge in [-0.3, -0.25) is 4.68 Å². The largest absolute Gasteiger partial charge is 0.409 e. The number of oxime groups is 1. The molecule has 1 heterocycles. The predicted octanol–water partition coefficient (Wildman–Crippen LogP) is 2.24. The molecule has 0 amide bonds. The lowest BCUT2D eigenvalue weighted by Crippen LogP contribution is -2.21. The highest BCUT2D eigenvalue weighted by Gasteiger charge is 2.17. The van der Waals surface area contributed by atoms with Gasteiger partial charge in [-0.1, -0.05) is 23.7 Å². The van der Waals surface area contributed by atoms with Crippen LogP contribution in [0.2, 0.25) is 5.02 Å². The summed E-state index contributed by atoms with van der Waals surface area (Å²) in [7, 11) is 0. The van der Waals surface area contributed by atoms with Gasteiger partial charge in [0.15, 0.2) is 0 Å². The highest BCUT2D eigenvalue weighted by Crippen LogP contribution is 2.25. The fraction of sp³-hybridized carbons (Fsp3) is 0.600. The molecule has 3 N–H and O–H groups in total. The lowest BCUT2D eigenvalue weighted by Gasteiger charge is -2.16. The van der Waals surface area contributed by atoms with Crippen molar-refractivity contribution in [1.82, 2.24) is 9.78 Å². The summed E-state index contributed by atoms with van der Waals surface area (Å²) in [6, 6.07) is 0.0714. The van der Waals surface area contributed by atoms with Crippen LogP contribution >= 0.6 is 11.6 Å². The Morgan fingerprint density at radius 1 is 1.62 bits per heavy atom. The minimum absolute atomic E-state index is 0.0714. The van der Waals surface area contributed by atoms with E-state index in [4.69, 9.17) is 22.5 Å². The van der Waals surface area contributed by atoms with Gasteiger partial charge in [0.1, 0.15) is 5.84 Å². The van der Waals surface area contributed by atoms with Crippen LogP contribution in [-0.4, -0.2) is 20.8 Å². The molecule has 6 heteroatoms. The zero-order valence-corrected chi connectivity index (χ0v) is 10.5. The van der Waals surface area contributed by atoms with Crippen LogP contribution in [0.5, 0.6) is 0 Å². The summed E-state index contributed by atoms with van der Waals surface area (Å²) in [6.45, 7) is 5.80. The third-order valence-electron chi connectivity index (χ3n) is 2.63. The standard InChI is InChI=1S/C10H17ClN4O/c1-4-8(5-9(12)14-16)15-7(3)10(11)6(2)13-15/h8,16H,4-5H2,1-3H3,(H2,12,14). The van der Waals surface area contributed by atoms with Gasteiger partial charge in [0.2, 0.25) is 0 Å². The van der Waals surface area contributed by atoms with E-state index in [1.165, 1.54) is 0 Å². The summed E-state index contributed by atoms with van der Waals surface area (Å²) >= 11 is 6.08. The molecule has 90 valence electrons. The van der Waals surface area contributed by atoms with Crippen molar-refractivity contribution >= 4 is 17.4 Å². The van der Waals surface area contributed by atoms with E-state index < -0.39 is 0 Å². The van der Waals surface area contributed by atoms with Gasteiger partial charge in [-0.05, 0) is 20.3 Å². The van der Waals surface area contributed by atoms with E-state index >= 15 is 0 Å². The van der Waals surface area contributed by atoms with E-state index in [2.05, 4.69) is 10.3 Å². The average Bonchev–Trinajstić information content (AvgIpc) is 2.53. The van der Waals surface area contributed by atoms with Crippen molar-refractivity contribution in [1.29, 1.82) is 0 Å². The highest BCUT2D eigenvalue weighted by molar-refractivity contribution is 6.31. The molecule has 0 spiro atoms. The molecule has 1 aromatic rings. The van der Waals surface area contributed by atoms with Gasteiger partial charge in [0.25, 0.3) is 0 Å². The summed E-state index contributed by atoms with van der Waals surface area (Å²) in [5.74, 6) is 0.204. The maximum atomic E-state index is 8.56. The van der Waals surface area contributed by atoms with Gasteiger partial charge in [0.05, 0.1) is 22.5 Å². The van der Waals surface area contributed by atoms with Crippen molar-refractivity contribution in [3.05, 3.63) is 16.4 Å². The monoisotopic (exact) mass is 244 g/mol. The number of halogens is 1. The summed E-state index contributed by atoms with van der Waals surface area (Å²) in [4.78, 5) is 0. The van der Waals surface area contributed by atoms with Crippen molar-refractivity contribution in [2.24, 2.45) is 10.9 Å². The van der Waals surface area contributed by atoms with Crippen LogP contribution < -0.4 is 5.73 Å². The summed E-state index contributed by atoms with van der Waals surface area (Å²) in [5.41, 5.74) is 7.22. The molecule has 0 aliphatic rings. The SMILES string of the molecule is CCC(CC(N)=NO)n1nc(C)c(Cl)c1C. The zero-order valence-electron chi connectivity index (χ0n) is 9.74. The van der Waals surface area contributed by atoms with Crippen molar-refractivity contribution in [2.45, 2.75) is 39.7 Å². The van der Waals surface area contributed by atoms with Crippen LogP contribution in [0.25, 0.3) is 0 Å². The van der Waals surface area contributed by atoms with Crippen LogP contribution in [0, 0.1) is 13.8 Å². The third kappa shape index (κ3) is 2.47. The molecule has 0 aromatic carbocycles. The molecular formula is C10H17ClN4O. The number of nitrogens with two attached hydrogens (primary N) is 1. The lowest BCUT2D eigenvalue weighted by molar-refractivity contribution is 0.314. The van der Waals surface area contributed by atoms with E-state index in [0.29, 0.717) is 11.4 Å². The minimum Gasteiger partial charge on any atom is -0.409 e. The smallest absolute Gasteiger partial charge is 0.141 e. The average molecular weight is 245 g/mol. The number of hydrogen-bond donors (Lipinski definition) is 2. The van der Waals surface area contributed by atoms with Crippen LogP contribution in [0.15, 0.2) is 5.16 Å². The number of amidine groups is 1. The van der Waals surface area contributed by atoms with Gasteiger partial charge in [0, 0.05) is 6.42 Å². The van der Waals surface area contributed by atoms with E-state index in [1.807, 2.05) is 25.5 Å². The van der Waals surface area contributed by atoms with Crippen LogP contribution in [0.3, 0.4) is 0 Å². The summed E-state index contributed by atoms with van der Waals surface area (Å²) in [6.07, 6.45) is 1.31. The van der Waals surface area contributed by atoms with Crippen molar-refractivity contribution in [2.75, 3.05) is 0 Å². The quantitative estimate of drug-likeness (QED) is 0.369. The number of aryl methyl sites for hydroxylation is 1. The predicted molar refractivity (Wildman–Crippen MR) is 64.1 cm³/mol. The fourth-order valence-electron chi connectivity index (χ4n) is 1.68. The molecule has 1 atom stereocenters. The number of nitrogens with zero attached hydrogens (tertiary/aromatic N) is 3. The Labute approximate surface area is 99.9 Å². The molecule has 0 fully saturated rings. The van der Waals surface area contributed by atoms with E-state index in [-0.39, 0.29) is 11.9 Å². The van der Waals surface area contributed by atoms with Crippen molar-refractivity contribution in [3.63, 3.8) is 0 Å². The number of rotatable bonds is 4. The first-order valence-electron chi connectivity index (χ1n) is 5.18. The molecule has 1 aromatic heterocycles. The molecule has 0 aliphatic heterocycles. The van der Waals surface area contributed by atoms with Gasteiger partial charge >= 0.3 is 0 Å². The van der Waals surface area contributed by atoms with Crippen LogP contribution in [0.1, 0.15) is 37.2 Å². The lowest BCUT2D eigenvalue weighted by atomic mass is 10.1. The molecule has 16 heavy (non-hydrogen) atoms. The van der Waals surface area contributed by atoms with Gasteiger partial charge in [-0.15, -0.1) is 0 Å². The van der Waals surface area contributed by atoms with E-state index in [1.54, 1.807) is 0 Å². The Morgan fingerprint density at radius 3 is 2.62 bits per heavy atom. The van der Waals surface area contributed by atoms with Crippen molar-refractivity contribution < 1.29 is 5.21 Å². The molecule has 0 aliphatic carbocycles. The summed E-state index contributed by atoms with van der Waals surface area (Å²) in [5, 5.41) is 16.6. The Morgan fingerprint density at radius 2 is 2.25 bits per heavy atom. The second-order valence-electron chi connectivity index (χ2n) is 3.79. The Kier molecular flexibility index (Phi) is 4.18. The van der Waals surface area contributed by atoms with E-state index in [9.17, 15) is 0 Å². The Balaban J connectivity index is 3.00. The van der Waals surface area contributed by atoms with Gasteiger partial charge in [-0.2, -0.15) is 5.10 Å². The fourth-order valence-corrected chi connectivity index (χ4v) is 1.81. The first-order valence-corrected chi connectivity index (χ1v) is 5.56. The number of aromatic nitrogens is 2. The Hall–Kier alpha value is -1.23. The molecular weight excluding hydrogens is 228 g/mol. The molecule has 5 nitrogen and oxygen atoms in total. The van der Waals surface area contributed by atoms with Crippen LogP contribution in [-0.2, 0) is 0 Å². The molecule has 0 bridgehead atoms. The van der Waals surface area contributed by atoms with E-state index in [0.717, 1.165) is 17.8 Å². The minimum atomic E-state index is 0.0714. The van der Waals surface area contributed by atoms with Gasteiger partial charge < -0.3 is 10.9 Å². The molecule has 0 saturated carbocycles. The normalized spacial score (nSPS) is 14.1. The topological polar surface area (TPSA) is 76.4 Å². The molecule has 0 saturated heterocycles. The third-order valence-corrected chi connectivity index (χ3v) is 3.17. The second-order valence-corrected chi connectivity index (χ2v) is 4.16. The maximum absolute atomic E-state index is 8.56. The van der Waals surface area contributed by atoms with Gasteiger partial charge in [-0.25, -0.2) is 0 Å². The molecule has 0 radical (unpaired) electrons. The van der Waals surface area contributed by atoms with Crippen molar-refractivity contribution in [3.8, 4) is 0 Å². The first kappa shape index (κ1) is 12.8. The summed E-state index contributed by atoms with van der Waals surface area (Å²) < 4.78 is 1.84. The Bertz CT molecular complexity index is 400. The van der Waals surface area contributed by atoms with Crippen LogP contribution in [0.4, 0.5) is 0 Å². The molecule has 1 rings (SSSR count). The maximum Gasteiger partial charge on any atom is 0.141 e. The second kappa shape index (κ2) is 5.21. The highest BCUT2D eigenvalue weighted by atomic mass is 35.5.